The Labute approximate surface area is 321 Å². The van der Waals surface area contributed by atoms with Crippen LogP contribution in [0.5, 0.6) is 11.8 Å². The van der Waals surface area contributed by atoms with Gasteiger partial charge in [0.15, 0.2) is 23.0 Å². The van der Waals surface area contributed by atoms with Crippen LogP contribution in [-0.2, 0) is 26.4 Å². The lowest BCUT2D eigenvalue weighted by Gasteiger charge is -2.10. The van der Waals surface area contributed by atoms with E-state index in [9.17, 15) is 35.9 Å². The van der Waals surface area contributed by atoms with E-state index in [0.29, 0.717) is 56.7 Å². The van der Waals surface area contributed by atoms with Crippen LogP contribution in [0.2, 0.25) is 0 Å². The average Bonchev–Trinajstić information content (AvgIpc) is 3.98. The Morgan fingerprint density at radius 1 is 0.679 bits per heavy atom. The second-order valence-corrected chi connectivity index (χ2v) is 13.1. The molecule has 0 unspecified atom stereocenters. The number of ether oxygens (including phenoxy) is 2. The number of hydrogen-bond acceptors (Lipinski definition) is 14. The molecule has 24 heteroatoms. The molecule has 6 aromatic heterocycles. The summed E-state index contributed by atoms with van der Waals surface area (Å²) in [7, 11) is 5.53. The second-order valence-electron chi connectivity index (χ2n) is 11.5. The third-order valence-corrected chi connectivity index (χ3v) is 9.32. The molecule has 0 saturated carbocycles. The molecule has 0 aliphatic heterocycles. The average molecular weight is 825 g/mol. The number of carbonyl (C=O) groups is 2. The molecule has 0 bridgehead atoms. The molecule has 2 amide bonds. The number of rotatable bonds is 10. The van der Waals surface area contributed by atoms with Crippen molar-refractivity contribution in [2.24, 2.45) is 14.1 Å². The summed E-state index contributed by atoms with van der Waals surface area (Å²) in [5.74, 6) is 0.294. The molecule has 0 aliphatic carbocycles. The minimum atomic E-state index is -4.62. The van der Waals surface area contributed by atoms with Gasteiger partial charge in [-0.25, -0.2) is 19.9 Å². The summed E-state index contributed by atoms with van der Waals surface area (Å²) in [6.07, 6.45) is -6.13. The van der Waals surface area contributed by atoms with Crippen molar-refractivity contribution in [3.63, 3.8) is 0 Å². The zero-order valence-corrected chi connectivity index (χ0v) is 31.6. The lowest BCUT2D eigenvalue weighted by molar-refractivity contribution is -0.142. The molecule has 2 atom stereocenters. The summed E-state index contributed by atoms with van der Waals surface area (Å²) in [4.78, 5) is 41.4. The maximum Gasteiger partial charge on any atom is 0.435 e. The zero-order chi connectivity index (χ0) is 40.9. The molecule has 6 heterocycles. The van der Waals surface area contributed by atoms with Gasteiger partial charge < -0.3 is 20.1 Å². The molecule has 2 N–H and O–H groups in total. The Morgan fingerprint density at radius 2 is 1.05 bits per heavy atom. The molecule has 6 aromatic rings. The maximum absolute atomic E-state index is 12.8. The van der Waals surface area contributed by atoms with Crippen molar-refractivity contribution in [2.45, 2.75) is 38.3 Å². The lowest BCUT2D eigenvalue weighted by Crippen LogP contribution is -2.28. The molecule has 0 aromatic carbocycles. The Bertz CT molecular complexity index is 2160. The van der Waals surface area contributed by atoms with Crippen molar-refractivity contribution < 1.29 is 45.4 Å². The lowest BCUT2D eigenvalue weighted by atomic mass is 10.2. The first-order valence-corrected chi connectivity index (χ1v) is 17.4. The molecule has 0 fully saturated rings. The number of nitrogens with one attached hydrogen (secondary N) is 2. The van der Waals surface area contributed by atoms with Gasteiger partial charge in [-0.1, -0.05) is 0 Å². The van der Waals surface area contributed by atoms with Crippen molar-refractivity contribution >= 4 is 34.9 Å². The summed E-state index contributed by atoms with van der Waals surface area (Å²) in [6.45, 7) is 3.33. The normalized spacial score (nSPS) is 12.6. The predicted octanol–water partition coefficient (Wildman–Crippen LogP) is 5.70. The van der Waals surface area contributed by atoms with Gasteiger partial charge in [-0.3, -0.25) is 19.0 Å². The highest BCUT2D eigenvalue weighted by molar-refractivity contribution is 7.06. The SMILES string of the molecule is COc1cc(-c2nsc([C@@H](C)NC(=O)c3cc(C(F)(F)F)nn3C)n2)ccn1.COc1cc(-c2nsc([C@H](C)NC(=O)c3cc(C(F)(F)F)nn3C)n2)ccn1. The quantitative estimate of drug-likeness (QED) is 0.161. The summed E-state index contributed by atoms with van der Waals surface area (Å²) in [5, 5.41) is 12.9. The van der Waals surface area contributed by atoms with E-state index in [-0.39, 0.29) is 11.4 Å². The number of nitrogens with zero attached hydrogens (tertiary/aromatic N) is 10. The van der Waals surface area contributed by atoms with E-state index in [0.717, 1.165) is 32.4 Å². The van der Waals surface area contributed by atoms with Gasteiger partial charge in [0.05, 0.1) is 26.3 Å². The fraction of sp³-hybridized carbons (Fsp3) is 0.312. The number of pyridine rings is 2. The summed E-state index contributed by atoms with van der Waals surface area (Å²) >= 11 is 2.15. The predicted molar refractivity (Wildman–Crippen MR) is 188 cm³/mol. The number of aromatic nitrogens is 10. The van der Waals surface area contributed by atoms with Crippen molar-refractivity contribution in [1.29, 1.82) is 0 Å². The van der Waals surface area contributed by atoms with Crippen LogP contribution in [0.4, 0.5) is 26.3 Å². The van der Waals surface area contributed by atoms with Gasteiger partial charge in [-0.2, -0.15) is 45.3 Å². The van der Waals surface area contributed by atoms with Crippen molar-refractivity contribution in [2.75, 3.05) is 14.2 Å². The first-order chi connectivity index (χ1) is 26.4. The van der Waals surface area contributed by atoms with Crippen LogP contribution >= 0.6 is 23.1 Å². The Balaban J connectivity index is 0.000000214. The molecule has 296 valence electrons. The summed E-state index contributed by atoms with van der Waals surface area (Å²) in [6, 6.07) is 7.05. The third kappa shape index (κ3) is 9.79. The first kappa shape index (κ1) is 41.1. The Kier molecular flexibility index (Phi) is 12.3. The fourth-order valence-electron chi connectivity index (χ4n) is 4.68. The van der Waals surface area contributed by atoms with Crippen LogP contribution < -0.4 is 20.1 Å². The van der Waals surface area contributed by atoms with Crippen LogP contribution in [-0.4, -0.2) is 74.3 Å². The molecule has 0 saturated heterocycles. The summed E-state index contributed by atoms with van der Waals surface area (Å²) < 4.78 is 96.9. The van der Waals surface area contributed by atoms with E-state index in [2.05, 4.69) is 49.5 Å². The zero-order valence-electron chi connectivity index (χ0n) is 30.0. The molecular weight excluding hydrogens is 795 g/mol. The highest BCUT2D eigenvalue weighted by Crippen LogP contribution is 2.30. The standard InChI is InChI=1S/2C16H15F3N6O2S/c2*1-8(21-14(26)10-7-11(16(17,18)19)23-25(10)2)15-22-13(24-28-15)9-4-5-20-12(6-9)27-3/h2*4-8H,1-3H3,(H,21,26)/t2*8-/m10/s1. The van der Waals surface area contributed by atoms with Crippen LogP contribution in [0.15, 0.2) is 48.8 Å². The molecule has 0 spiro atoms. The Morgan fingerprint density at radius 3 is 1.38 bits per heavy atom. The molecule has 0 radical (unpaired) electrons. The first-order valence-electron chi connectivity index (χ1n) is 15.9. The van der Waals surface area contributed by atoms with E-state index in [1.807, 2.05) is 0 Å². The fourth-order valence-corrected chi connectivity index (χ4v) is 6.02. The number of carbonyl (C=O) groups excluding carboxylic acids is 2. The van der Waals surface area contributed by atoms with Gasteiger partial charge >= 0.3 is 12.4 Å². The van der Waals surface area contributed by atoms with Crippen LogP contribution in [0.3, 0.4) is 0 Å². The number of aryl methyl sites for hydroxylation is 2. The van der Waals surface area contributed by atoms with Gasteiger partial charge in [0.2, 0.25) is 11.8 Å². The van der Waals surface area contributed by atoms with Crippen molar-refractivity contribution in [3.8, 4) is 34.5 Å². The smallest absolute Gasteiger partial charge is 0.435 e. The number of hydrogen-bond donors (Lipinski definition) is 2. The highest BCUT2D eigenvalue weighted by Gasteiger charge is 2.36. The number of amides is 2. The van der Waals surface area contributed by atoms with E-state index in [1.54, 1.807) is 50.5 Å². The molecule has 6 rings (SSSR count). The van der Waals surface area contributed by atoms with Gasteiger partial charge in [0.25, 0.3) is 11.8 Å². The summed E-state index contributed by atoms with van der Waals surface area (Å²) in [5.41, 5.74) is -1.29. The topological polar surface area (TPSA) is 190 Å². The Hall–Kier alpha value is -6.04. The number of methoxy groups -OCH3 is 2. The third-order valence-electron chi connectivity index (χ3n) is 7.53. The minimum Gasteiger partial charge on any atom is -0.481 e. The van der Waals surface area contributed by atoms with E-state index in [1.165, 1.54) is 28.3 Å². The number of halogens is 6. The van der Waals surface area contributed by atoms with Crippen LogP contribution in [0.1, 0.15) is 68.3 Å². The monoisotopic (exact) mass is 824 g/mol. The van der Waals surface area contributed by atoms with E-state index in [4.69, 9.17) is 9.47 Å². The molecule has 56 heavy (non-hydrogen) atoms. The largest absolute Gasteiger partial charge is 0.481 e. The second kappa shape index (κ2) is 16.8. The van der Waals surface area contributed by atoms with Gasteiger partial charge in [-0.15, -0.1) is 0 Å². The molecule has 0 aliphatic rings. The van der Waals surface area contributed by atoms with Crippen LogP contribution in [0.25, 0.3) is 22.8 Å². The van der Waals surface area contributed by atoms with E-state index < -0.39 is 47.6 Å². The van der Waals surface area contributed by atoms with Crippen molar-refractivity contribution in [3.05, 3.63) is 81.6 Å². The highest BCUT2D eigenvalue weighted by atomic mass is 32.1. The van der Waals surface area contributed by atoms with E-state index >= 15 is 0 Å². The minimum absolute atomic E-state index is 0.206. The van der Waals surface area contributed by atoms with Gasteiger partial charge in [0.1, 0.15) is 21.4 Å². The molecule has 16 nitrogen and oxygen atoms in total. The van der Waals surface area contributed by atoms with Crippen molar-refractivity contribution in [1.82, 2.24) is 58.9 Å². The maximum atomic E-state index is 12.8. The van der Waals surface area contributed by atoms with Crippen LogP contribution in [0, 0.1) is 0 Å². The number of alkyl halides is 6. The van der Waals surface area contributed by atoms with Gasteiger partial charge in [0, 0.05) is 61.9 Å². The van der Waals surface area contributed by atoms with Gasteiger partial charge in [-0.05, 0) is 49.0 Å². The molecular formula is C32H30F6N12O4S2.